The molecule has 0 saturated heterocycles. The van der Waals surface area contributed by atoms with E-state index in [9.17, 15) is 14.7 Å². The van der Waals surface area contributed by atoms with Crippen LogP contribution in [0, 0.1) is 0 Å². The first-order valence-electron chi connectivity index (χ1n) is 5.01. The van der Waals surface area contributed by atoms with Crippen LogP contribution in [0.15, 0.2) is 30.8 Å². The molecule has 0 amide bonds. The fraction of sp³-hybridized carbons (Fsp3) is 0.231. The Labute approximate surface area is 99.5 Å². The summed E-state index contributed by atoms with van der Waals surface area (Å²) in [7, 11) is 1.17. The van der Waals surface area contributed by atoms with Crippen LogP contribution in [-0.4, -0.2) is 24.2 Å². The summed E-state index contributed by atoms with van der Waals surface area (Å²) in [5, 5.41) is 9.19. The van der Waals surface area contributed by atoms with Crippen LogP contribution in [0.4, 0.5) is 0 Å². The molecule has 0 aromatic heterocycles. The number of methoxy groups -OCH3 is 1. The number of esters is 1. The van der Waals surface area contributed by atoms with Gasteiger partial charge in [0.2, 0.25) is 0 Å². The normalized spacial score (nSPS) is 13.5. The lowest BCUT2D eigenvalue weighted by atomic mass is 9.82. The summed E-state index contributed by atoms with van der Waals surface area (Å²) in [5.74, 6) is -2.04. The Bertz CT molecular complexity index is 447. The minimum Gasteiger partial charge on any atom is -0.480 e. The molecular weight excluding hydrogens is 220 g/mol. The van der Waals surface area contributed by atoms with Gasteiger partial charge in [-0.05, 0) is 18.1 Å². The zero-order valence-electron chi connectivity index (χ0n) is 9.77. The Morgan fingerprint density at radius 1 is 1.35 bits per heavy atom. The van der Waals surface area contributed by atoms with E-state index in [1.54, 1.807) is 30.3 Å². The second-order valence-electron chi connectivity index (χ2n) is 3.75. The minimum absolute atomic E-state index is 0.377. The molecule has 0 fully saturated rings. The van der Waals surface area contributed by atoms with Gasteiger partial charge in [-0.1, -0.05) is 36.9 Å². The Balaban J connectivity index is 3.27. The van der Waals surface area contributed by atoms with Crippen LogP contribution in [-0.2, 0) is 19.7 Å². The second-order valence-corrected chi connectivity index (χ2v) is 3.75. The lowest BCUT2D eigenvalue weighted by molar-refractivity contribution is -0.158. The maximum Gasteiger partial charge on any atom is 0.327 e. The number of hydrogen-bond donors (Lipinski definition) is 1. The van der Waals surface area contributed by atoms with E-state index in [-0.39, 0.29) is 0 Å². The molecule has 1 atom stereocenters. The number of carbonyl (C=O) groups is 2. The monoisotopic (exact) mass is 234 g/mol. The van der Waals surface area contributed by atoms with E-state index >= 15 is 0 Å². The molecule has 0 aliphatic heterocycles. The van der Waals surface area contributed by atoms with Crippen molar-refractivity contribution in [2.24, 2.45) is 0 Å². The quantitative estimate of drug-likeness (QED) is 0.637. The van der Waals surface area contributed by atoms with E-state index in [4.69, 9.17) is 0 Å². The summed E-state index contributed by atoms with van der Waals surface area (Å²) in [6.45, 7) is 4.92. The molecule has 1 aromatic rings. The Morgan fingerprint density at radius 2 is 1.88 bits per heavy atom. The molecule has 0 aliphatic rings. The van der Waals surface area contributed by atoms with Crippen molar-refractivity contribution in [1.82, 2.24) is 0 Å². The van der Waals surface area contributed by atoms with Crippen molar-refractivity contribution in [3.63, 3.8) is 0 Å². The first kappa shape index (κ1) is 13.0. The van der Waals surface area contributed by atoms with Crippen molar-refractivity contribution in [3.8, 4) is 0 Å². The molecule has 0 saturated carbocycles. The third kappa shape index (κ3) is 2.20. The van der Waals surface area contributed by atoms with Crippen molar-refractivity contribution < 1.29 is 19.4 Å². The number of aliphatic carboxylic acids is 1. The molecule has 1 rings (SSSR count). The fourth-order valence-electron chi connectivity index (χ4n) is 1.49. The van der Waals surface area contributed by atoms with Gasteiger partial charge < -0.3 is 9.84 Å². The number of carboxylic acid groups (broad SMARTS) is 1. The molecule has 1 N–H and O–H groups in total. The summed E-state index contributed by atoms with van der Waals surface area (Å²) < 4.78 is 4.55. The number of benzene rings is 1. The summed E-state index contributed by atoms with van der Waals surface area (Å²) in [6.07, 6.45) is 1.64. The molecule has 1 aromatic carbocycles. The molecule has 0 bridgehead atoms. The fourth-order valence-corrected chi connectivity index (χ4v) is 1.49. The largest absolute Gasteiger partial charge is 0.480 e. The predicted molar refractivity (Wildman–Crippen MR) is 63.5 cm³/mol. The molecule has 1 unspecified atom stereocenters. The van der Waals surface area contributed by atoms with Gasteiger partial charge in [-0.3, -0.25) is 9.59 Å². The molecule has 0 aliphatic carbocycles. The molecule has 4 nitrogen and oxygen atoms in total. The zero-order chi connectivity index (χ0) is 13.1. The molecule has 90 valence electrons. The highest BCUT2D eigenvalue weighted by Gasteiger charge is 2.44. The van der Waals surface area contributed by atoms with Crippen molar-refractivity contribution in [2.75, 3.05) is 7.11 Å². The number of carboxylic acids is 1. The molecule has 17 heavy (non-hydrogen) atoms. The van der Waals surface area contributed by atoms with Gasteiger partial charge in [0.15, 0.2) is 5.41 Å². The van der Waals surface area contributed by atoms with E-state index in [1.165, 1.54) is 14.0 Å². The van der Waals surface area contributed by atoms with E-state index in [0.29, 0.717) is 5.56 Å². The summed E-state index contributed by atoms with van der Waals surface area (Å²) >= 11 is 0. The average Bonchev–Trinajstić information content (AvgIpc) is 2.36. The summed E-state index contributed by atoms with van der Waals surface area (Å²) in [4.78, 5) is 22.9. The number of hydrogen-bond acceptors (Lipinski definition) is 3. The van der Waals surface area contributed by atoms with Crippen LogP contribution < -0.4 is 0 Å². The predicted octanol–water partition coefficient (Wildman–Crippen LogP) is 1.84. The SMILES string of the molecule is C=Cc1ccc(C(C)(C(=O)O)C(=O)OC)cc1. The van der Waals surface area contributed by atoms with E-state index < -0.39 is 17.4 Å². The van der Waals surface area contributed by atoms with Gasteiger partial charge in [0.05, 0.1) is 7.11 Å². The summed E-state index contributed by atoms with van der Waals surface area (Å²) in [6, 6.07) is 6.57. The summed E-state index contributed by atoms with van der Waals surface area (Å²) in [5.41, 5.74) is -0.456. The van der Waals surface area contributed by atoms with Crippen LogP contribution in [0.5, 0.6) is 0 Å². The van der Waals surface area contributed by atoms with Gasteiger partial charge in [-0.15, -0.1) is 0 Å². The van der Waals surface area contributed by atoms with Crippen LogP contribution in [0.2, 0.25) is 0 Å². The maximum absolute atomic E-state index is 11.6. The highest BCUT2D eigenvalue weighted by atomic mass is 16.5. The second kappa shape index (κ2) is 4.82. The van der Waals surface area contributed by atoms with Crippen molar-refractivity contribution >= 4 is 18.0 Å². The van der Waals surface area contributed by atoms with Gasteiger partial charge in [0.1, 0.15) is 0 Å². The van der Waals surface area contributed by atoms with Crippen LogP contribution in [0.25, 0.3) is 6.08 Å². The van der Waals surface area contributed by atoms with Crippen molar-refractivity contribution in [2.45, 2.75) is 12.3 Å². The third-order valence-corrected chi connectivity index (χ3v) is 2.75. The Hall–Kier alpha value is -2.10. The Morgan fingerprint density at radius 3 is 2.24 bits per heavy atom. The van der Waals surface area contributed by atoms with Crippen LogP contribution in [0.3, 0.4) is 0 Å². The third-order valence-electron chi connectivity index (χ3n) is 2.75. The highest BCUT2D eigenvalue weighted by molar-refractivity contribution is 6.05. The van der Waals surface area contributed by atoms with E-state index in [0.717, 1.165) is 5.56 Å². The molecule has 4 heteroatoms. The molecular formula is C13H14O4. The van der Waals surface area contributed by atoms with Gasteiger partial charge in [0, 0.05) is 0 Å². The van der Waals surface area contributed by atoms with Gasteiger partial charge >= 0.3 is 11.9 Å². The number of rotatable bonds is 4. The Kier molecular flexibility index (Phi) is 3.68. The van der Waals surface area contributed by atoms with Crippen molar-refractivity contribution in [3.05, 3.63) is 42.0 Å². The molecule has 0 spiro atoms. The topological polar surface area (TPSA) is 63.6 Å². The number of ether oxygens (including phenoxy) is 1. The maximum atomic E-state index is 11.6. The van der Waals surface area contributed by atoms with E-state index in [2.05, 4.69) is 11.3 Å². The zero-order valence-corrected chi connectivity index (χ0v) is 9.77. The minimum atomic E-state index is -1.69. The van der Waals surface area contributed by atoms with Crippen molar-refractivity contribution in [1.29, 1.82) is 0 Å². The molecule has 0 radical (unpaired) electrons. The van der Waals surface area contributed by atoms with Crippen LogP contribution in [0.1, 0.15) is 18.1 Å². The highest BCUT2D eigenvalue weighted by Crippen LogP contribution is 2.26. The smallest absolute Gasteiger partial charge is 0.327 e. The first-order valence-corrected chi connectivity index (χ1v) is 5.01. The van der Waals surface area contributed by atoms with E-state index in [1.807, 2.05) is 0 Å². The lowest BCUT2D eigenvalue weighted by Crippen LogP contribution is -2.41. The molecule has 0 heterocycles. The number of carbonyl (C=O) groups excluding carboxylic acids is 1. The van der Waals surface area contributed by atoms with Gasteiger partial charge in [-0.25, -0.2) is 0 Å². The van der Waals surface area contributed by atoms with Gasteiger partial charge in [0.25, 0.3) is 0 Å². The first-order chi connectivity index (χ1) is 7.96. The lowest BCUT2D eigenvalue weighted by Gasteiger charge is -2.22. The standard InChI is InChI=1S/C13H14O4/c1-4-9-5-7-10(8-6-9)13(2,11(14)15)12(16)17-3/h4-8H,1H2,2-3H3,(H,14,15). The van der Waals surface area contributed by atoms with Crippen LogP contribution >= 0.6 is 0 Å². The average molecular weight is 234 g/mol. The van der Waals surface area contributed by atoms with Gasteiger partial charge in [-0.2, -0.15) is 0 Å².